The molecule has 0 fully saturated rings. The Hall–Kier alpha value is -1.34. The smallest absolute Gasteiger partial charge is 0.230 e. The van der Waals surface area contributed by atoms with Gasteiger partial charge in [0, 0.05) is 18.2 Å². The Morgan fingerprint density at radius 1 is 1.43 bits per heavy atom. The number of aromatic nitrogens is 2. The first-order valence-corrected chi connectivity index (χ1v) is 7.28. The first-order chi connectivity index (χ1) is 9.29. The van der Waals surface area contributed by atoms with Crippen molar-refractivity contribution in [2.45, 2.75) is 45.6 Å². The normalized spacial score (nSPS) is 10.1. The maximum atomic E-state index is 11.1. The van der Waals surface area contributed by atoms with Gasteiger partial charge in [0.1, 0.15) is 5.03 Å². The van der Waals surface area contributed by atoms with E-state index in [4.69, 9.17) is 11.1 Å². The molecule has 1 aromatic rings. The van der Waals surface area contributed by atoms with Crippen LogP contribution in [0.2, 0.25) is 0 Å². The molecule has 118 valence electrons. The van der Waals surface area contributed by atoms with Crippen molar-refractivity contribution in [1.29, 1.82) is 5.41 Å². The zero-order valence-corrected chi connectivity index (χ0v) is 14.3. The molecule has 0 atom stereocenters. The quantitative estimate of drug-likeness (QED) is 0.333. The highest BCUT2D eigenvalue weighted by Crippen LogP contribution is 2.26. The number of nitrogens with zero attached hydrogens (tertiary/aromatic N) is 2. The molecule has 0 radical (unpaired) electrons. The molecule has 0 bridgehead atoms. The maximum absolute atomic E-state index is 11.1. The molecule has 0 aliphatic rings. The van der Waals surface area contributed by atoms with Crippen molar-refractivity contribution in [3.8, 4) is 0 Å². The van der Waals surface area contributed by atoms with Crippen molar-refractivity contribution < 1.29 is 4.79 Å². The van der Waals surface area contributed by atoms with Crippen molar-refractivity contribution in [1.82, 2.24) is 9.97 Å². The van der Waals surface area contributed by atoms with Crippen molar-refractivity contribution in [3.05, 3.63) is 11.3 Å². The van der Waals surface area contributed by atoms with Crippen LogP contribution in [0.4, 0.5) is 5.95 Å². The molecular formula is C13H22ClN5OS. The van der Waals surface area contributed by atoms with Crippen molar-refractivity contribution in [2.75, 3.05) is 5.32 Å². The van der Waals surface area contributed by atoms with E-state index in [0.717, 1.165) is 35.9 Å². The van der Waals surface area contributed by atoms with Crippen LogP contribution in [0.5, 0.6) is 0 Å². The molecule has 6 nitrogen and oxygen atoms in total. The summed E-state index contributed by atoms with van der Waals surface area (Å²) in [7, 11) is 0. The highest BCUT2D eigenvalue weighted by atomic mass is 35.5. The highest BCUT2D eigenvalue weighted by Gasteiger charge is 2.14. The summed E-state index contributed by atoms with van der Waals surface area (Å²) >= 11 is 1.09. The Kier molecular flexibility index (Phi) is 8.27. The summed E-state index contributed by atoms with van der Waals surface area (Å²) in [5, 5.41) is 10.6. The van der Waals surface area contributed by atoms with E-state index in [1.807, 2.05) is 6.92 Å². The summed E-state index contributed by atoms with van der Waals surface area (Å²) in [5.74, 6) is 0.602. The van der Waals surface area contributed by atoms with E-state index >= 15 is 0 Å². The molecular weight excluding hydrogens is 310 g/mol. The Balaban J connectivity index is 0.00000400. The SMILES string of the molecule is CC(=O)Nc1nc(C)c(CCC(C)C)c(SC(=N)N)n1.Cl. The van der Waals surface area contributed by atoms with E-state index < -0.39 is 0 Å². The number of thioether (sulfide) groups is 1. The van der Waals surface area contributed by atoms with Crippen LogP contribution in [-0.4, -0.2) is 21.0 Å². The number of nitrogens with two attached hydrogens (primary N) is 1. The standard InChI is InChI=1S/C13H21N5OS.ClH/c1-7(2)5-6-10-8(3)16-13(17-9(4)19)18-11(10)20-12(14)15;/h7H,5-6H2,1-4H3,(H3,14,15)(H,16,17,18,19);1H. The molecule has 4 N–H and O–H groups in total. The molecule has 0 saturated carbocycles. The van der Waals surface area contributed by atoms with E-state index in [0.29, 0.717) is 10.9 Å². The summed E-state index contributed by atoms with van der Waals surface area (Å²) in [5.41, 5.74) is 7.26. The van der Waals surface area contributed by atoms with Gasteiger partial charge >= 0.3 is 0 Å². The number of carbonyl (C=O) groups excluding carboxylic acids is 1. The molecule has 0 unspecified atom stereocenters. The van der Waals surface area contributed by atoms with Gasteiger partial charge in [-0.3, -0.25) is 15.5 Å². The van der Waals surface area contributed by atoms with Crippen LogP contribution in [0.3, 0.4) is 0 Å². The van der Waals surface area contributed by atoms with Crippen LogP contribution >= 0.6 is 24.2 Å². The van der Waals surface area contributed by atoms with Crippen molar-refractivity contribution in [2.24, 2.45) is 11.7 Å². The molecule has 21 heavy (non-hydrogen) atoms. The summed E-state index contributed by atoms with van der Waals surface area (Å²) in [6.45, 7) is 7.59. The summed E-state index contributed by atoms with van der Waals surface area (Å²) in [4.78, 5) is 19.7. The molecule has 1 heterocycles. The molecule has 0 saturated heterocycles. The second-order valence-electron chi connectivity index (χ2n) is 5.00. The zero-order valence-electron chi connectivity index (χ0n) is 12.7. The van der Waals surface area contributed by atoms with Gasteiger partial charge in [0.15, 0.2) is 5.17 Å². The van der Waals surface area contributed by atoms with Gasteiger partial charge in [0.05, 0.1) is 0 Å². The highest BCUT2D eigenvalue weighted by molar-refractivity contribution is 8.13. The third-order valence-electron chi connectivity index (χ3n) is 2.64. The van der Waals surface area contributed by atoms with E-state index in [-0.39, 0.29) is 29.4 Å². The van der Waals surface area contributed by atoms with Crippen molar-refractivity contribution in [3.63, 3.8) is 0 Å². The minimum atomic E-state index is -0.224. The van der Waals surface area contributed by atoms with E-state index in [2.05, 4.69) is 29.1 Å². The lowest BCUT2D eigenvalue weighted by atomic mass is 10.0. The lowest BCUT2D eigenvalue weighted by molar-refractivity contribution is -0.114. The number of aryl methyl sites for hydroxylation is 1. The summed E-state index contributed by atoms with van der Waals surface area (Å²) in [6, 6.07) is 0. The van der Waals surface area contributed by atoms with Crippen LogP contribution in [0.25, 0.3) is 0 Å². The van der Waals surface area contributed by atoms with Gasteiger partial charge in [0.25, 0.3) is 0 Å². The van der Waals surface area contributed by atoms with Gasteiger partial charge in [-0.1, -0.05) is 13.8 Å². The first-order valence-electron chi connectivity index (χ1n) is 6.46. The second kappa shape index (κ2) is 8.84. The van der Waals surface area contributed by atoms with Gasteiger partial charge in [0.2, 0.25) is 11.9 Å². The third-order valence-corrected chi connectivity index (χ3v) is 3.39. The van der Waals surface area contributed by atoms with Crippen LogP contribution < -0.4 is 11.1 Å². The molecule has 8 heteroatoms. The molecule has 1 amide bonds. The van der Waals surface area contributed by atoms with Gasteiger partial charge in [-0.25, -0.2) is 9.97 Å². The number of nitrogens with one attached hydrogen (secondary N) is 2. The maximum Gasteiger partial charge on any atom is 0.230 e. The molecule has 0 aromatic carbocycles. The minimum Gasteiger partial charge on any atom is -0.378 e. The fourth-order valence-corrected chi connectivity index (χ4v) is 2.41. The molecule has 1 aromatic heterocycles. The summed E-state index contributed by atoms with van der Waals surface area (Å²) < 4.78 is 0. The number of amidine groups is 1. The van der Waals surface area contributed by atoms with Gasteiger partial charge < -0.3 is 5.73 Å². The number of rotatable bonds is 5. The summed E-state index contributed by atoms with van der Waals surface area (Å²) in [6.07, 6.45) is 1.84. The number of amides is 1. The molecule has 0 aliphatic carbocycles. The average molecular weight is 332 g/mol. The Morgan fingerprint density at radius 2 is 2.05 bits per heavy atom. The van der Waals surface area contributed by atoms with Gasteiger partial charge in [-0.2, -0.15) is 0 Å². The average Bonchev–Trinajstić information content (AvgIpc) is 2.25. The predicted octanol–water partition coefficient (Wildman–Crippen LogP) is 2.74. The minimum absolute atomic E-state index is 0. The zero-order chi connectivity index (χ0) is 15.3. The van der Waals surface area contributed by atoms with E-state index in [1.165, 1.54) is 6.92 Å². The van der Waals surface area contributed by atoms with Crippen LogP contribution in [0.1, 0.15) is 38.4 Å². The molecule has 0 aliphatic heterocycles. The lowest BCUT2D eigenvalue weighted by Crippen LogP contribution is -2.13. The fraction of sp³-hybridized carbons (Fsp3) is 0.538. The number of carbonyl (C=O) groups is 1. The van der Waals surface area contributed by atoms with E-state index in [9.17, 15) is 4.79 Å². The lowest BCUT2D eigenvalue weighted by Gasteiger charge is -2.13. The monoisotopic (exact) mass is 331 g/mol. The first kappa shape index (κ1) is 19.7. The van der Waals surface area contributed by atoms with E-state index in [1.54, 1.807) is 0 Å². The number of hydrogen-bond donors (Lipinski definition) is 3. The Labute approximate surface area is 135 Å². The third kappa shape index (κ3) is 6.77. The van der Waals surface area contributed by atoms with Crippen LogP contribution in [0.15, 0.2) is 5.03 Å². The number of anilines is 1. The van der Waals surface area contributed by atoms with Gasteiger partial charge in [-0.15, -0.1) is 12.4 Å². The largest absolute Gasteiger partial charge is 0.378 e. The predicted molar refractivity (Wildman–Crippen MR) is 89.3 cm³/mol. The van der Waals surface area contributed by atoms with Crippen LogP contribution in [0, 0.1) is 18.3 Å². The fourth-order valence-electron chi connectivity index (χ4n) is 1.69. The number of halogens is 1. The molecule has 0 spiro atoms. The van der Waals surface area contributed by atoms with Crippen LogP contribution in [-0.2, 0) is 11.2 Å². The Morgan fingerprint density at radius 3 is 2.52 bits per heavy atom. The molecule has 1 rings (SSSR count). The number of hydrogen-bond acceptors (Lipinski definition) is 5. The van der Waals surface area contributed by atoms with Gasteiger partial charge in [-0.05, 0) is 37.4 Å². The Bertz CT molecular complexity index is 522. The second-order valence-corrected chi connectivity index (χ2v) is 6.03. The topological polar surface area (TPSA) is 105 Å². The van der Waals surface area contributed by atoms with Crippen molar-refractivity contribution >= 4 is 41.2 Å².